The van der Waals surface area contributed by atoms with Gasteiger partial charge in [0, 0.05) is 51.9 Å². The molecule has 1 aliphatic heterocycles. The molecule has 0 saturated carbocycles. The Hall–Kier alpha value is -0.860. The van der Waals surface area contributed by atoms with E-state index in [1.807, 2.05) is 7.05 Å². The first-order chi connectivity index (χ1) is 11.9. The van der Waals surface area contributed by atoms with Crippen LogP contribution in [0.5, 0.6) is 0 Å². The number of aliphatic imine (C=N–C) groups is 1. The van der Waals surface area contributed by atoms with Gasteiger partial charge in [0.05, 0.1) is 0 Å². The van der Waals surface area contributed by atoms with Gasteiger partial charge in [-0.25, -0.2) is 0 Å². The summed E-state index contributed by atoms with van der Waals surface area (Å²) >= 11 is 0. The van der Waals surface area contributed by atoms with Crippen molar-refractivity contribution in [2.45, 2.75) is 46.3 Å². The smallest absolute Gasteiger partial charge is 0.191 e. The maximum absolute atomic E-state index is 4.28. The molecule has 148 valence electrons. The molecule has 2 rings (SSSR count). The minimum Gasteiger partial charge on any atom is -0.352 e. The number of benzene rings is 1. The minimum absolute atomic E-state index is 0. The predicted molar refractivity (Wildman–Crippen MR) is 122 cm³/mol. The van der Waals surface area contributed by atoms with Crippen LogP contribution in [0.2, 0.25) is 0 Å². The summed E-state index contributed by atoms with van der Waals surface area (Å²) in [5, 5.41) is 6.76. The molecule has 0 radical (unpaired) electrons. The molecule has 26 heavy (non-hydrogen) atoms. The Morgan fingerprint density at radius 1 is 1.00 bits per heavy atom. The molecular weight excluding hydrogens is 437 g/mol. The molecule has 1 heterocycles. The van der Waals surface area contributed by atoms with Gasteiger partial charge in [-0.2, -0.15) is 0 Å². The van der Waals surface area contributed by atoms with E-state index < -0.39 is 0 Å². The average Bonchev–Trinajstić information content (AvgIpc) is 2.59. The predicted octanol–water partition coefficient (Wildman–Crippen LogP) is 2.91. The van der Waals surface area contributed by atoms with Crippen LogP contribution in [0.25, 0.3) is 0 Å². The Morgan fingerprint density at radius 3 is 2.04 bits per heavy atom. The van der Waals surface area contributed by atoms with Crippen molar-refractivity contribution in [3.05, 3.63) is 35.4 Å². The van der Waals surface area contributed by atoms with Gasteiger partial charge in [0.2, 0.25) is 0 Å². The SMILES string of the molecule is CCN1CCN(Cc2ccc(CNC(=NC)NC(C)(C)C)cc2)CC1.I. The highest BCUT2D eigenvalue weighted by atomic mass is 127. The van der Waals surface area contributed by atoms with Crippen LogP contribution in [0.15, 0.2) is 29.3 Å². The van der Waals surface area contributed by atoms with Gasteiger partial charge in [-0.3, -0.25) is 9.89 Å². The zero-order valence-electron chi connectivity index (χ0n) is 17.0. The molecule has 5 nitrogen and oxygen atoms in total. The highest BCUT2D eigenvalue weighted by molar-refractivity contribution is 14.0. The van der Waals surface area contributed by atoms with Gasteiger partial charge < -0.3 is 15.5 Å². The molecule has 0 amide bonds. The molecule has 0 bridgehead atoms. The lowest BCUT2D eigenvalue weighted by atomic mass is 10.1. The van der Waals surface area contributed by atoms with Crippen LogP contribution in [-0.2, 0) is 13.1 Å². The zero-order valence-corrected chi connectivity index (χ0v) is 19.3. The topological polar surface area (TPSA) is 42.9 Å². The van der Waals surface area contributed by atoms with Crippen molar-refractivity contribution in [2.75, 3.05) is 39.8 Å². The van der Waals surface area contributed by atoms with Crippen molar-refractivity contribution in [3.8, 4) is 0 Å². The molecule has 1 aliphatic rings. The minimum atomic E-state index is 0. The van der Waals surface area contributed by atoms with Crippen LogP contribution < -0.4 is 10.6 Å². The Labute approximate surface area is 176 Å². The average molecular weight is 473 g/mol. The van der Waals surface area contributed by atoms with Gasteiger partial charge in [-0.15, -0.1) is 24.0 Å². The number of likely N-dealkylation sites (N-methyl/N-ethyl adjacent to an activating group) is 1. The van der Waals surface area contributed by atoms with Crippen molar-refractivity contribution >= 4 is 29.9 Å². The van der Waals surface area contributed by atoms with E-state index >= 15 is 0 Å². The van der Waals surface area contributed by atoms with Gasteiger partial charge in [0.15, 0.2) is 5.96 Å². The highest BCUT2D eigenvalue weighted by Gasteiger charge is 2.15. The molecule has 1 saturated heterocycles. The lowest BCUT2D eigenvalue weighted by Crippen LogP contribution is -2.47. The monoisotopic (exact) mass is 473 g/mol. The number of hydrogen-bond acceptors (Lipinski definition) is 3. The lowest BCUT2D eigenvalue weighted by Gasteiger charge is -2.34. The standard InChI is InChI=1S/C20H35N5.HI/c1-6-24-11-13-25(14-12-24)16-18-9-7-17(8-10-18)15-22-19(21-5)23-20(2,3)4;/h7-10H,6,11-16H2,1-5H3,(H2,21,22,23);1H. The summed E-state index contributed by atoms with van der Waals surface area (Å²) in [5.41, 5.74) is 2.68. The van der Waals surface area contributed by atoms with Crippen molar-refractivity contribution < 1.29 is 0 Å². The van der Waals surface area contributed by atoms with E-state index in [0.717, 1.165) is 19.0 Å². The first kappa shape index (κ1) is 23.2. The third-order valence-corrected chi connectivity index (χ3v) is 4.52. The van der Waals surface area contributed by atoms with Crippen LogP contribution in [0.3, 0.4) is 0 Å². The lowest BCUT2D eigenvalue weighted by molar-refractivity contribution is 0.132. The van der Waals surface area contributed by atoms with Crippen molar-refractivity contribution in [2.24, 2.45) is 4.99 Å². The summed E-state index contributed by atoms with van der Waals surface area (Å²) < 4.78 is 0. The molecule has 0 aromatic heterocycles. The van der Waals surface area contributed by atoms with Gasteiger partial charge >= 0.3 is 0 Å². The number of nitrogens with zero attached hydrogens (tertiary/aromatic N) is 3. The number of nitrogens with one attached hydrogen (secondary N) is 2. The molecule has 6 heteroatoms. The van der Waals surface area contributed by atoms with Crippen molar-refractivity contribution in [3.63, 3.8) is 0 Å². The van der Waals surface area contributed by atoms with E-state index in [4.69, 9.17) is 0 Å². The molecule has 1 aromatic carbocycles. The quantitative estimate of drug-likeness (QED) is 0.392. The highest BCUT2D eigenvalue weighted by Crippen LogP contribution is 2.10. The molecule has 0 spiro atoms. The fraction of sp³-hybridized carbons (Fsp3) is 0.650. The Balaban J connectivity index is 0.00000338. The fourth-order valence-electron chi connectivity index (χ4n) is 3.00. The van der Waals surface area contributed by atoms with Crippen molar-refractivity contribution in [1.29, 1.82) is 0 Å². The van der Waals surface area contributed by atoms with E-state index in [9.17, 15) is 0 Å². The number of piperazine rings is 1. The first-order valence-corrected chi connectivity index (χ1v) is 9.41. The third kappa shape index (κ3) is 8.22. The van der Waals surface area contributed by atoms with Crippen LogP contribution in [0, 0.1) is 0 Å². The third-order valence-electron chi connectivity index (χ3n) is 4.52. The van der Waals surface area contributed by atoms with E-state index in [1.54, 1.807) is 0 Å². The second-order valence-electron chi connectivity index (χ2n) is 7.83. The largest absolute Gasteiger partial charge is 0.352 e. The normalized spacial score (nSPS) is 16.9. The van der Waals surface area contributed by atoms with Gasteiger partial charge in [-0.1, -0.05) is 31.2 Å². The van der Waals surface area contributed by atoms with Gasteiger partial charge in [0.25, 0.3) is 0 Å². The molecule has 0 unspecified atom stereocenters. The molecule has 0 atom stereocenters. The summed E-state index contributed by atoms with van der Waals surface area (Å²) in [7, 11) is 1.81. The maximum atomic E-state index is 4.28. The van der Waals surface area contributed by atoms with Gasteiger partial charge in [0.1, 0.15) is 0 Å². The number of guanidine groups is 1. The summed E-state index contributed by atoms with van der Waals surface area (Å²) in [6, 6.07) is 8.94. The van der Waals surface area contributed by atoms with Crippen LogP contribution >= 0.6 is 24.0 Å². The van der Waals surface area contributed by atoms with Crippen molar-refractivity contribution in [1.82, 2.24) is 20.4 Å². The number of halogens is 1. The Bertz CT molecular complexity index is 542. The molecule has 0 aliphatic carbocycles. The second kappa shape index (κ2) is 11.1. The van der Waals surface area contributed by atoms with Crippen LogP contribution in [0.1, 0.15) is 38.8 Å². The Morgan fingerprint density at radius 2 is 1.54 bits per heavy atom. The van der Waals surface area contributed by atoms with E-state index in [-0.39, 0.29) is 29.5 Å². The Kier molecular flexibility index (Phi) is 9.89. The number of rotatable bonds is 5. The summed E-state index contributed by atoms with van der Waals surface area (Å²) in [6.07, 6.45) is 0. The van der Waals surface area contributed by atoms with Crippen LogP contribution in [-0.4, -0.2) is 61.1 Å². The first-order valence-electron chi connectivity index (χ1n) is 9.41. The molecular formula is C20H36IN5. The van der Waals surface area contributed by atoms with Gasteiger partial charge in [-0.05, 0) is 38.4 Å². The summed E-state index contributed by atoms with van der Waals surface area (Å²) in [5.74, 6) is 0.838. The zero-order chi connectivity index (χ0) is 18.3. The fourth-order valence-corrected chi connectivity index (χ4v) is 3.00. The molecule has 1 aromatic rings. The number of hydrogen-bond donors (Lipinski definition) is 2. The van der Waals surface area contributed by atoms with E-state index in [0.29, 0.717) is 0 Å². The summed E-state index contributed by atoms with van der Waals surface area (Å²) in [4.78, 5) is 9.35. The molecule has 1 fully saturated rings. The second-order valence-corrected chi connectivity index (χ2v) is 7.83. The molecule has 2 N–H and O–H groups in total. The van der Waals surface area contributed by atoms with E-state index in [2.05, 4.69) is 77.4 Å². The van der Waals surface area contributed by atoms with Crippen LogP contribution in [0.4, 0.5) is 0 Å². The maximum Gasteiger partial charge on any atom is 0.191 e. The van der Waals surface area contributed by atoms with E-state index in [1.165, 1.54) is 43.9 Å². The summed E-state index contributed by atoms with van der Waals surface area (Å²) in [6.45, 7) is 16.4.